The Morgan fingerprint density at radius 1 is 1.23 bits per heavy atom. The molecule has 9 heteroatoms. The number of ether oxygens (including phenoxy) is 1. The van der Waals surface area contributed by atoms with Crippen molar-refractivity contribution in [2.24, 2.45) is 4.99 Å². The van der Waals surface area contributed by atoms with Crippen molar-refractivity contribution in [1.82, 2.24) is 20.9 Å². The van der Waals surface area contributed by atoms with Gasteiger partial charge in [-0.05, 0) is 26.3 Å². The summed E-state index contributed by atoms with van der Waals surface area (Å²) in [5, 5.41) is 12.4. The van der Waals surface area contributed by atoms with E-state index in [1.807, 2.05) is 75.5 Å². The molecule has 2 rings (SSSR count). The second-order valence-electron chi connectivity index (χ2n) is 7.93. The van der Waals surface area contributed by atoms with Crippen LogP contribution < -0.4 is 20.9 Å². The highest BCUT2D eigenvalue weighted by Crippen LogP contribution is 2.17. The number of carbonyl (C=O) groups excluding carboxylic acids is 1. The molecule has 0 spiro atoms. The maximum Gasteiger partial charge on any atom is 0.408 e. The van der Waals surface area contributed by atoms with Crippen LogP contribution in [0.1, 0.15) is 38.1 Å². The Kier molecular flexibility index (Phi) is 8.46. The first-order valence-corrected chi connectivity index (χ1v) is 10.7. The van der Waals surface area contributed by atoms with E-state index in [2.05, 4.69) is 25.9 Å². The summed E-state index contributed by atoms with van der Waals surface area (Å²) in [4.78, 5) is 23.1. The molecule has 0 bridgehead atoms. The summed E-state index contributed by atoms with van der Waals surface area (Å²) in [6.07, 6.45) is -0.459. The van der Waals surface area contributed by atoms with Crippen LogP contribution in [0.3, 0.4) is 0 Å². The number of thiazole rings is 1. The van der Waals surface area contributed by atoms with Gasteiger partial charge in [-0.1, -0.05) is 30.3 Å². The summed E-state index contributed by atoms with van der Waals surface area (Å²) in [6, 6.07) is 9.49. The monoisotopic (exact) mass is 432 g/mol. The highest BCUT2D eigenvalue weighted by Gasteiger charge is 2.20. The largest absolute Gasteiger partial charge is 0.444 e. The molecule has 1 unspecified atom stereocenters. The van der Waals surface area contributed by atoms with Crippen molar-refractivity contribution < 1.29 is 9.53 Å². The Morgan fingerprint density at radius 3 is 2.50 bits per heavy atom. The molecule has 0 aliphatic carbocycles. The number of aromatic nitrogens is 1. The molecule has 0 fully saturated rings. The number of carbonyl (C=O) groups is 1. The van der Waals surface area contributed by atoms with Gasteiger partial charge < -0.3 is 25.6 Å². The van der Waals surface area contributed by atoms with Gasteiger partial charge in [-0.15, -0.1) is 11.3 Å². The van der Waals surface area contributed by atoms with E-state index >= 15 is 0 Å². The fourth-order valence-electron chi connectivity index (χ4n) is 2.56. The van der Waals surface area contributed by atoms with Gasteiger partial charge in [0.2, 0.25) is 0 Å². The lowest BCUT2D eigenvalue weighted by atomic mass is 10.1. The first-order chi connectivity index (χ1) is 14.2. The molecule has 1 heterocycles. The third-order valence-electron chi connectivity index (χ3n) is 3.95. The summed E-state index contributed by atoms with van der Waals surface area (Å²) < 4.78 is 5.41. The van der Waals surface area contributed by atoms with Crippen molar-refractivity contribution in [3.05, 3.63) is 47.0 Å². The number of nitrogens with zero attached hydrogens (tertiary/aromatic N) is 3. The van der Waals surface area contributed by atoms with Crippen LogP contribution in [0, 0.1) is 0 Å². The molecule has 3 N–H and O–H groups in total. The Bertz CT molecular complexity index is 830. The predicted molar refractivity (Wildman–Crippen MR) is 123 cm³/mol. The molecule has 1 aromatic carbocycles. The van der Waals surface area contributed by atoms with Crippen LogP contribution in [0.4, 0.5) is 9.93 Å². The van der Waals surface area contributed by atoms with E-state index in [-0.39, 0.29) is 6.04 Å². The van der Waals surface area contributed by atoms with Gasteiger partial charge in [-0.3, -0.25) is 4.99 Å². The van der Waals surface area contributed by atoms with Crippen LogP contribution in [-0.4, -0.2) is 50.3 Å². The third-order valence-corrected chi connectivity index (χ3v) is 5.01. The maximum atomic E-state index is 12.3. The quantitative estimate of drug-likeness (QED) is 0.460. The van der Waals surface area contributed by atoms with E-state index in [0.29, 0.717) is 19.0 Å². The number of guanidine groups is 1. The lowest BCUT2D eigenvalue weighted by Gasteiger charge is -2.24. The zero-order chi connectivity index (χ0) is 22.1. The van der Waals surface area contributed by atoms with Gasteiger partial charge in [0.1, 0.15) is 5.60 Å². The lowest BCUT2D eigenvalue weighted by Crippen LogP contribution is -2.44. The summed E-state index contributed by atoms with van der Waals surface area (Å²) in [5.74, 6) is 0.626. The second kappa shape index (κ2) is 10.8. The van der Waals surface area contributed by atoms with Gasteiger partial charge in [-0.25, -0.2) is 9.78 Å². The van der Waals surface area contributed by atoms with Gasteiger partial charge in [-0.2, -0.15) is 0 Å². The minimum absolute atomic E-state index is 0.279. The molecule has 1 aromatic heterocycles. The minimum Gasteiger partial charge on any atom is -0.444 e. The number of aliphatic imine (C=N–C) groups is 1. The van der Waals surface area contributed by atoms with E-state index in [1.54, 1.807) is 18.4 Å². The van der Waals surface area contributed by atoms with Gasteiger partial charge in [0.05, 0.1) is 18.3 Å². The van der Waals surface area contributed by atoms with E-state index in [9.17, 15) is 4.79 Å². The Morgan fingerprint density at radius 2 is 1.93 bits per heavy atom. The van der Waals surface area contributed by atoms with Gasteiger partial charge in [0.25, 0.3) is 0 Å². The first-order valence-electron chi connectivity index (χ1n) is 9.78. The van der Waals surface area contributed by atoms with Gasteiger partial charge in [0, 0.05) is 33.1 Å². The standard InChI is InChI=1S/C21H32N6O2S/c1-21(2,3)29-20(28)26-17(15-10-8-7-9-11-15)13-24-18(22-4)23-12-16-14-30-19(25-16)27(5)6/h7-11,14,17H,12-13H2,1-6H3,(H,26,28)(H2,22,23,24). The lowest BCUT2D eigenvalue weighted by molar-refractivity contribution is 0.0504. The summed E-state index contributed by atoms with van der Waals surface area (Å²) in [7, 11) is 5.65. The van der Waals surface area contributed by atoms with E-state index in [4.69, 9.17) is 4.74 Å². The molecule has 0 saturated carbocycles. The van der Waals surface area contributed by atoms with Crippen LogP contribution in [0.2, 0.25) is 0 Å². The van der Waals surface area contributed by atoms with Crippen LogP contribution in [0.5, 0.6) is 0 Å². The predicted octanol–water partition coefficient (Wildman–Crippen LogP) is 3.14. The number of amides is 1. The Hall–Kier alpha value is -2.81. The number of hydrogen-bond donors (Lipinski definition) is 3. The third kappa shape index (κ3) is 7.90. The average Bonchev–Trinajstić information content (AvgIpc) is 3.16. The number of rotatable bonds is 7. The number of hydrogen-bond acceptors (Lipinski definition) is 6. The van der Waals surface area contributed by atoms with Crippen molar-refractivity contribution in [2.75, 3.05) is 32.6 Å². The summed E-state index contributed by atoms with van der Waals surface area (Å²) in [6.45, 7) is 6.53. The SMILES string of the molecule is CN=C(NCc1csc(N(C)C)n1)NCC(NC(=O)OC(C)(C)C)c1ccccc1. The molecular weight excluding hydrogens is 400 g/mol. The summed E-state index contributed by atoms with van der Waals surface area (Å²) >= 11 is 1.60. The van der Waals surface area contributed by atoms with Crippen LogP contribution in [0.25, 0.3) is 0 Å². The van der Waals surface area contributed by atoms with Crippen molar-refractivity contribution in [1.29, 1.82) is 0 Å². The molecule has 0 aliphatic heterocycles. The van der Waals surface area contributed by atoms with Crippen molar-refractivity contribution in [2.45, 2.75) is 39.0 Å². The van der Waals surface area contributed by atoms with E-state index in [1.165, 1.54) is 0 Å². The minimum atomic E-state index is -0.560. The molecular formula is C21H32N6O2S. The van der Waals surface area contributed by atoms with Crippen LogP contribution >= 0.6 is 11.3 Å². The van der Waals surface area contributed by atoms with E-state index < -0.39 is 11.7 Å². The smallest absolute Gasteiger partial charge is 0.408 e. The van der Waals surface area contributed by atoms with Crippen molar-refractivity contribution in [3.63, 3.8) is 0 Å². The zero-order valence-corrected chi connectivity index (χ0v) is 19.3. The van der Waals surface area contributed by atoms with Crippen LogP contribution in [0.15, 0.2) is 40.7 Å². The normalized spacial score (nSPS) is 12.8. The second-order valence-corrected chi connectivity index (χ2v) is 8.77. The number of anilines is 1. The highest BCUT2D eigenvalue weighted by molar-refractivity contribution is 7.13. The molecule has 2 aromatic rings. The van der Waals surface area contributed by atoms with Gasteiger partial charge >= 0.3 is 6.09 Å². The molecule has 0 radical (unpaired) electrons. The molecule has 30 heavy (non-hydrogen) atoms. The van der Waals surface area contributed by atoms with Crippen LogP contribution in [-0.2, 0) is 11.3 Å². The topological polar surface area (TPSA) is 90.9 Å². The molecule has 0 saturated heterocycles. The maximum absolute atomic E-state index is 12.3. The Balaban J connectivity index is 1.97. The molecule has 8 nitrogen and oxygen atoms in total. The van der Waals surface area contributed by atoms with Crippen molar-refractivity contribution in [3.8, 4) is 0 Å². The molecule has 164 valence electrons. The van der Waals surface area contributed by atoms with E-state index in [0.717, 1.165) is 16.4 Å². The highest BCUT2D eigenvalue weighted by atomic mass is 32.1. The molecule has 0 aliphatic rings. The number of nitrogens with one attached hydrogen (secondary N) is 3. The van der Waals surface area contributed by atoms with Gasteiger partial charge in [0.15, 0.2) is 11.1 Å². The molecule has 1 atom stereocenters. The molecule has 1 amide bonds. The zero-order valence-electron chi connectivity index (χ0n) is 18.5. The first kappa shape index (κ1) is 23.5. The summed E-state index contributed by atoms with van der Waals surface area (Å²) in [5.41, 5.74) is 1.36. The number of benzene rings is 1. The average molecular weight is 433 g/mol. The fraction of sp³-hybridized carbons (Fsp3) is 0.476. The fourth-order valence-corrected chi connectivity index (χ4v) is 3.32. The Labute approximate surface area is 182 Å². The number of alkyl carbamates (subject to hydrolysis) is 1. The van der Waals surface area contributed by atoms with Crippen molar-refractivity contribution >= 4 is 28.5 Å².